The van der Waals surface area contributed by atoms with E-state index in [0.29, 0.717) is 22.5 Å². The molecule has 0 saturated heterocycles. The van der Waals surface area contributed by atoms with Crippen LogP contribution in [-0.2, 0) is 19.6 Å². The molecule has 1 N–H and O–H groups in total. The lowest BCUT2D eigenvalue weighted by atomic mass is 10.2. The molecule has 0 bridgehead atoms. The number of esters is 1. The number of aryl methyl sites for hydroxylation is 1. The molecule has 0 aliphatic rings. The second kappa shape index (κ2) is 9.55. The van der Waals surface area contributed by atoms with Crippen LogP contribution in [0.2, 0.25) is 0 Å². The quantitative estimate of drug-likeness (QED) is 0.527. The third-order valence-corrected chi connectivity index (χ3v) is 6.82. The van der Waals surface area contributed by atoms with Crippen molar-refractivity contribution in [2.75, 3.05) is 26.5 Å². The second-order valence-electron chi connectivity index (χ2n) is 7.56. The van der Waals surface area contributed by atoms with Crippen molar-refractivity contribution in [1.29, 1.82) is 0 Å². The molecule has 1 unspecified atom stereocenters. The zero-order valence-corrected chi connectivity index (χ0v) is 19.8. The first kappa shape index (κ1) is 24.1. The molecule has 3 aromatic rings. The molecule has 0 radical (unpaired) electrons. The number of rotatable bonds is 7. The van der Waals surface area contributed by atoms with Gasteiger partial charge in [-0.15, -0.1) is 0 Å². The van der Waals surface area contributed by atoms with Crippen LogP contribution in [0, 0.1) is 6.92 Å². The van der Waals surface area contributed by atoms with Crippen LogP contribution in [0.5, 0.6) is 5.75 Å². The molecule has 33 heavy (non-hydrogen) atoms. The summed E-state index contributed by atoms with van der Waals surface area (Å²) in [6, 6.07) is 12.9. The summed E-state index contributed by atoms with van der Waals surface area (Å²) in [6.07, 6.45) is -1.14. The van der Waals surface area contributed by atoms with Crippen molar-refractivity contribution >= 4 is 38.5 Å². The highest BCUT2D eigenvalue weighted by Gasteiger charge is 2.23. The van der Waals surface area contributed by atoms with Crippen LogP contribution in [0.1, 0.15) is 23.0 Å². The van der Waals surface area contributed by atoms with E-state index >= 15 is 0 Å². The highest BCUT2D eigenvalue weighted by molar-refractivity contribution is 7.89. The molecule has 9 nitrogen and oxygen atoms in total. The molecule has 174 valence electrons. The molecule has 2 aromatic carbocycles. The molecule has 0 aliphatic carbocycles. The van der Waals surface area contributed by atoms with Crippen LogP contribution in [0.15, 0.2) is 53.4 Å². The Kier molecular flexibility index (Phi) is 6.99. The average Bonchev–Trinajstić information content (AvgIpc) is 2.79. The Bertz CT molecular complexity index is 1320. The number of aromatic nitrogens is 1. The molecule has 0 fully saturated rings. The Morgan fingerprint density at radius 3 is 2.45 bits per heavy atom. The van der Waals surface area contributed by atoms with Crippen LogP contribution in [-0.4, -0.2) is 56.9 Å². The fourth-order valence-corrected chi connectivity index (χ4v) is 3.89. The van der Waals surface area contributed by atoms with Crippen LogP contribution >= 0.6 is 0 Å². The SMILES string of the molecule is COc1ccc2nc(C(=O)OC(C)C(=O)Nc3cc(S(=O)(=O)N(C)C)ccc3C)ccc2c1. The molecule has 1 atom stereocenters. The van der Waals surface area contributed by atoms with Crippen LogP contribution in [0.4, 0.5) is 5.69 Å². The van der Waals surface area contributed by atoms with Gasteiger partial charge in [0.2, 0.25) is 10.0 Å². The molecule has 10 heteroatoms. The number of fused-ring (bicyclic) bond motifs is 1. The van der Waals surface area contributed by atoms with E-state index < -0.39 is 28.0 Å². The van der Waals surface area contributed by atoms with Crippen molar-refractivity contribution in [2.24, 2.45) is 0 Å². The standard InChI is InChI=1S/C23H25N3O6S/c1-14-6-9-18(33(29,30)26(3)4)13-21(14)25-22(27)15(2)32-23(28)20-10-7-16-12-17(31-5)8-11-19(16)24-20/h6-13,15H,1-5H3,(H,25,27). The minimum absolute atomic E-state index is 0.0371. The molecule has 0 spiro atoms. The first-order valence-corrected chi connectivity index (χ1v) is 11.5. The maximum Gasteiger partial charge on any atom is 0.357 e. The van der Waals surface area contributed by atoms with Crippen molar-refractivity contribution < 1.29 is 27.5 Å². The predicted octanol–water partition coefficient (Wildman–Crippen LogP) is 2.99. The fraction of sp³-hybridized carbons (Fsp3) is 0.261. The minimum atomic E-state index is -3.67. The van der Waals surface area contributed by atoms with Crippen molar-refractivity contribution in [3.63, 3.8) is 0 Å². The van der Waals surface area contributed by atoms with E-state index in [9.17, 15) is 18.0 Å². The lowest BCUT2D eigenvalue weighted by Crippen LogP contribution is -2.30. The molecule has 0 saturated carbocycles. The first-order valence-electron chi connectivity index (χ1n) is 10.0. The Balaban J connectivity index is 1.73. The van der Waals surface area contributed by atoms with Gasteiger partial charge in [0.25, 0.3) is 5.91 Å². The van der Waals surface area contributed by atoms with E-state index in [-0.39, 0.29) is 10.6 Å². The number of carbonyl (C=O) groups is 2. The highest BCUT2D eigenvalue weighted by atomic mass is 32.2. The van der Waals surface area contributed by atoms with Crippen LogP contribution in [0.25, 0.3) is 10.9 Å². The molecule has 1 aromatic heterocycles. The van der Waals surface area contributed by atoms with Crippen molar-refractivity contribution in [2.45, 2.75) is 24.8 Å². The number of hydrogen-bond acceptors (Lipinski definition) is 7. The van der Waals surface area contributed by atoms with Crippen molar-refractivity contribution in [3.8, 4) is 5.75 Å². The number of hydrogen-bond donors (Lipinski definition) is 1. The van der Waals surface area contributed by atoms with Gasteiger partial charge in [-0.25, -0.2) is 22.5 Å². The van der Waals surface area contributed by atoms with Gasteiger partial charge in [-0.3, -0.25) is 4.79 Å². The summed E-state index contributed by atoms with van der Waals surface area (Å²) >= 11 is 0. The average molecular weight is 472 g/mol. The Morgan fingerprint density at radius 2 is 1.79 bits per heavy atom. The van der Waals surface area contributed by atoms with Gasteiger partial charge in [-0.1, -0.05) is 12.1 Å². The topological polar surface area (TPSA) is 115 Å². The Hall–Kier alpha value is -3.50. The maximum absolute atomic E-state index is 12.6. The van der Waals surface area contributed by atoms with Gasteiger partial charge in [-0.2, -0.15) is 0 Å². The summed E-state index contributed by atoms with van der Waals surface area (Å²) in [7, 11) is 0.738. The van der Waals surface area contributed by atoms with Gasteiger partial charge in [0.15, 0.2) is 6.10 Å². The summed E-state index contributed by atoms with van der Waals surface area (Å²) in [5.74, 6) is -0.685. The predicted molar refractivity (Wildman–Crippen MR) is 124 cm³/mol. The highest BCUT2D eigenvalue weighted by Crippen LogP contribution is 2.23. The number of carbonyl (C=O) groups excluding carboxylic acids is 2. The van der Waals surface area contributed by atoms with Crippen LogP contribution < -0.4 is 10.1 Å². The number of methoxy groups -OCH3 is 1. The third-order valence-electron chi connectivity index (χ3n) is 5.00. The zero-order chi connectivity index (χ0) is 24.3. The minimum Gasteiger partial charge on any atom is -0.497 e. The van der Waals surface area contributed by atoms with Gasteiger partial charge in [0, 0.05) is 25.2 Å². The van der Waals surface area contributed by atoms with Gasteiger partial charge in [0.05, 0.1) is 17.5 Å². The maximum atomic E-state index is 12.6. The first-order chi connectivity index (χ1) is 15.5. The zero-order valence-electron chi connectivity index (χ0n) is 18.9. The van der Waals surface area contributed by atoms with E-state index in [1.807, 2.05) is 0 Å². The van der Waals surface area contributed by atoms with E-state index in [0.717, 1.165) is 9.69 Å². The van der Waals surface area contributed by atoms with E-state index in [1.165, 1.54) is 39.2 Å². The molecule has 3 rings (SSSR count). The number of pyridine rings is 1. The third kappa shape index (κ3) is 5.29. The second-order valence-corrected chi connectivity index (χ2v) is 9.71. The lowest BCUT2D eigenvalue weighted by Gasteiger charge is -2.17. The summed E-state index contributed by atoms with van der Waals surface area (Å²) in [6.45, 7) is 3.15. The van der Waals surface area contributed by atoms with Crippen molar-refractivity contribution in [3.05, 3.63) is 59.8 Å². The molecule has 1 amide bonds. The Labute approximate surface area is 192 Å². The number of benzene rings is 2. The molecule has 0 aliphatic heterocycles. The smallest absolute Gasteiger partial charge is 0.357 e. The van der Waals surface area contributed by atoms with Crippen molar-refractivity contribution in [1.82, 2.24) is 9.29 Å². The van der Waals surface area contributed by atoms with E-state index in [2.05, 4.69) is 10.3 Å². The largest absolute Gasteiger partial charge is 0.497 e. The number of amides is 1. The number of ether oxygens (including phenoxy) is 2. The summed E-state index contributed by atoms with van der Waals surface area (Å²) in [5, 5.41) is 3.42. The summed E-state index contributed by atoms with van der Waals surface area (Å²) < 4.78 is 36.3. The molecular formula is C23H25N3O6S. The Morgan fingerprint density at radius 1 is 1.06 bits per heavy atom. The van der Waals surface area contributed by atoms with E-state index in [4.69, 9.17) is 9.47 Å². The van der Waals surface area contributed by atoms with E-state index in [1.54, 1.807) is 44.4 Å². The lowest BCUT2D eigenvalue weighted by molar-refractivity contribution is -0.123. The number of sulfonamides is 1. The number of nitrogens with one attached hydrogen (secondary N) is 1. The summed E-state index contributed by atoms with van der Waals surface area (Å²) in [4.78, 5) is 29.5. The normalized spacial score (nSPS) is 12.4. The summed E-state index contributed by atoms with van der Waals surface area (Å²) in [5.41, 5.74) is 1.61. The van der Waals surface area contributed by atoms with Crippen LogP contribution in [0.3, 0.4) is 0 Å². The van der Waals surface area contributed by atoms with Gasteiger partial charge in [0.1, 0.15) is 11.4 Å². The molecule has 1 heterocycles. The fourth-order valence-electron chi connectivity index (χ4n) is 2.96. The molecular weight excluding hydrogens is 446 g/mol. The number of anilines is 1. The monoisotopic (exact) mass is 471 g/mol. The van der Waals surface area contributed by atoms with Gasteiger partial charge < -0.3 is 14.8 Å². The van der Waals surface area contributed by atoms with Gasteiger partial charge >= 0.3 is 5.97 Å². The van der Waals surface area contributed by atoms with Gasteiger partial charge in [-0.05, 0) is 55.8 Å². The number of nitrogens with zero attached hydrogens (tertiary/aromatic N) is 2.